The number of amides is 1. The van der Waals surface area contributed by atoms with Crippen molar-refractivity contribution in [3.63, 3.8) is 0 Å². The maximum absolute atomic E-state index is 12.2. The van der Waals surface area contributed by atoms with Crippen LogP contribution in [0.2, 0.25) is 0 Å². The SMILES string of the molecule is CC(C)(C)OC(=O)C12CNCC(CNC1=O)C2. The van der Waals surface area contributed by atoms with Gasteiger partial charge in [-0.2, -0.15) is 0 Å². The number of carbonyl (C=O) groups is 2. The molecule has 2 rings (SSSR count). The van der Waals surface area contributed by atoms with E-state index in [-0.39, 0.29) is 5.91 Å². The van der Waals surface area contributed by atoms with E-state index in [1.165, 1.54) is 0 Å². The Morgan fingerprint density at radius 2 is 2.12 bits per heavy atom. The second-order valence-electron chi connectivity index (χ2n) is 6.00. The van der Waals surface area contributed by atoms with Crippen LogP contribution in [0.4, 0.5) is 0 Å². The van der Waals surface area contributed by atoms with Crippen molar-refractivity contribution in [3.8, 4) is 0 Å². The molecule has 0 aromatic rings. The van der Waals surface area contributed by atoms with E-state index in [1.807, 2.05) is 20.8 Å². The zero-order chi connectivity index (χ0) is 12.7. The minimum absolute atomic E-state index is 0.199. The number of esters is 1. The number of fused-ring (bicyclic) bond motifs is 2. The summed E-state index contributed by atoms with van der Waals surface area (Å²) in [6.45, 7) is 7.33. The predicted octanol–water partition coefficient (Wildman–Crippen LogP) is 0.0538. The summed E-state index contributed by atoms with van der Waals surface area (Å²) in [5.74, 6) is -0.274. The molecule has 0 aromatic carbocycles. The van der Waals surface area contributed by atoms with E-state index >= 15 is 0 Å². The minimum atomic E-state index is -1.02. The Hall–Kier alpha value is -1.10. The van der Waals surface area contributed by atoms with Crippen molar-refractivity contribution in [2.45, 2.75) is 32.8 Å². The molecule has 5 heteroatoms. The molecule has 96 valence electrons. The highest BCUT2D eigenvalue weighted by atomic mass is 16.6. The number of ether oxygens (including phenoxy) is 1. The number of carbonyl (C=O) groups excluding carboxylic acids is 2. The van der Waals surface area contributed by atoms with Crippen LogP contribution in [0.15, 0.2) is 0 Å². The molecule has 2 heterocycles. The predicted molar refractivity (Wildman–Crippen MR) is 62.3 cm³/mol. The first kappa shape index (κ1) is 12.4. The molecule has 2 unspecified atom stereocenters. The topological polar surface area (TPSA) is 67.4 Å². The van der Waals surface area contributed by atoms with Crippen LogP contribution in [0.25, 0.3) is 0 Å². The van der Waals surface area contributed by atoms with Gasteiger partial charge < -0.3 is 15.4 Å². The fourth-order valence-electron chi connectivity index (χ4n) is 2.47. The lowest BCUT2D eigenvalue weighted by Crippen LogP contribution is -2.63. The van der Waals surface area contributed by atoms with E-state index < -0.39 is 17.0 Å². The quantitative estimate of drug-likeness (QED) is 0.502. The first-order chi connectivity index (χ1) is 7.83. The Morgan fingerprint density at radius 3 is 2.76 bits per heavy atom. The molecule has 2 saturated heterocycles. The van der Waals surface area contributed by atoms with Crippen LogP contribution < -0.4 is 10.6 Å². The summed E-state index contributed by atoms with van der Waals surface area (Å²) < 4.78 is 5.38. The van der Waals surface area contributed by atoms with Crippen LogP contribution in [0.5, 0.6) is 0 Å². The van der Waals surface area contributed by atoms with Crippen molar-refractivity contribution in [2.24, 2.45) is 11.3 Å². The summed E-state index contributed by atoms with van der Waals surface area (Å²) in [7, 11) is 0. The molecular weight excluding hydrogens is 220 g/mol. The standard InChI is InChI=1S/C12H20N2O3/c1-11(2,3)17-10(16)12-4-8(5-13-7-12)6-14-9(12)15/h8,13H,4-7H2,1-3H3,(H,14,15). The first-order valence-corrected chi connectivity index (χ1v) is 6.06. The van der Waals surface area contributed by atoms with Crippen molar-refractivity contribution in [2.75, 3.05) is 19.6 Å². The molecule has 0 aromatic heterocycles. The van der Waals surface area contributed by atoms with Crippen LogP contribution in [-0.4, -0.2) is 37.1 Å². The van der Waals surface area contributed by atoms with Crippen molar-refractivity contribution in [1.82, 2.24) is 10.6 Å². The number of piperidine rings is 2. The van der Waals surface area contributed by atoms with E-state index in [4.69, 9.17) is 4.74 Å². The number of hydrogen-bond donors (Lipinski definition) is 2. The lowest BCUT2D eigenvalue weighted by Gasteiger charge is -2.43. The zero-order valence-corrected chi connectivity index (χ0v) is 10.6. The maximum atomic E-state index is 12.2. The normalized spacial score (nSPS) is 32.9. The Bertz CT molecular complexity index is 348. The van der Waals surface area contributed by atoms with Gasteiger partial charge in [-0.15, -0.1) is 0 Å². The van der Waals surface area contributed by atoms with Gasteiger partial charge in [0.25, 0.3) is 0 Å². The molecule has 17 heavy (non-hydrogen) atoms. The van der Waals surface area contributed by atoms with Crippen LogP contribution in [0, 0.1) is 11.3 Å². The molecule has 2 N–H and O–H groups in total. The molecule has 0 radical (unpaired) electrons. The van der Waals surface area contributed by atoms with E-state index in [1.54, 1.807) is 0 Å². The Labute approximate surface area is 101 Å². The van der Waals surface area contributed by atoms with Crippen LogP contribution in [0.1, 0.15) is 27.2 Å². The van der Waals surface area contributed by atoms with Gasteiger partial charge in [0.1, 0.15) is 5.60 Å². The van der Waals surface area contributed by atoms with Gasteiger partial charge in [-0.1, -0.05) is 0 Å². The molecule has 2 bridgehead atoms. The Morgan fingerprint density at radius 1 is 1.41 bits per heavy atom. The summed E-state index contributed by atoms with van der Waals surface area (Å²) in [5.41, 5.74) is -1.58. The van der Waals surface area contributed by atoms with Gasteiger partial charge in [0.05, 0.1) is 0 Å². The van der Waals surface area contributed by atoms with Gasteiger partial charge in [0.2, 0.25) is 5.91 Å². The average molecular weight is 240 g/mol. The van der Waals surface area contributed by atoms with Gasteiger partial charge in [-0.05, 0) is 39.7 Å². The van der Waals surface area contributed by atoms with E-state index in [2.05, 4.69) is 10.6 Å². The second-order valence-corrected chi connectivity index (χ2v) is 6.00. The van der Waals surface area contributed by atoms with Crippen molar-refractivity contribution < 1.29 is 14.3 Å². The van der Waals surface area contributed by atoms with Crippen LogP contribution in [0.3, 0.4) is 0 Å². The van der Waals surface area contributed by atoms with Gasteiger partial charge in [-0.25, -0.2) is 0 Å². The van der Waals surface area contributed by atoms with Gasteiger partial charge in [0, 0.05) is 13.1 Å². The third kappa shape index (κ3) is 2.29. The maximum Gasteiger partial charge on any atom is 0.323 e. The lowest BCUT2D eigenvalue weighted by atomic mass is 9.72. The lowest BCUT2D eigenvalue weighted by molar-refractivity contribution is -0.175. The molecule has 2 fully saturated rings. The highest BCUT2D eigenvalue weighted by Gasteiger charge is 2.53. The molecule has 2 atom stereocenters. The Kier molecular flexibility index (Phi) is 2.89. The molecule has 2 aliphatic rings. The fraction of sp³-hybridized carbons (Fsp3) is 0.833. The van der Waals surface area contributed by atoms with E-state index in [0.717, 1.165) is 6.54 Å². The highest BCUT2D eigenvalue weighted by Crippen LogP contribution is 2.35. The number of rotatable bonds is 1. The Balaban J connectivity index is 2.20. The molecule has 0 aliphatic carbocycles. The smallest absolute Gasteiger partial charge is 0.323 e. The third-order valence-electron chi connectivity index (χ3n) is 3.27. The average Bonchev–Trinajstić information content (AvgIpc) is 2.22. The second kappa shape index (κ2) is 3.98. The summed E-state index contributed by atoms with van der Waals surface area (Å²) >= 11 is 0. The fourth-order valence-corrected chi connectivity index (χ4v) is 2.47. The number of hydrogen-bond acceptors (Lipinski definition) is 4. The van der Waals surface area contributed by atoms with Gasteiger partial charge in [0.15, 0.2) is 5.41 Å². The molecule has 1 amide bonds. The summed E-state index contributed by atoms with van der Waals surface area (Å²) in [4.78, 5) is 24.2. The molecular formula is C12H20N2O3. The minimum Gasteiger partial charge on any atom is -0.459 e. The van der Waals surface area contributed by atoms with E-state index in [9.17, 15) is 9.59 Å². The zero-order valence-electron chi connectivity index (χ0n) is 10.6. The molecule has 0 spiro atoms. The van der Waals surface area contributed by atoms with Crippen LogP contribution >= 0.6 is 0 Å². The van der Waals surface area contributed by atoms with Gasteiger partial charge in [-0.3, -0.25) is 9.59 Å². The van der Waals surface area contributed by atoms with Crippen molar-refractivity contribution in [3.05, 3.63) is 0 Å². The molecule has 0 saturated carbocycles. The summed E-state index contributed by atoms with van der Waals surface area (Å²) in [6.07, 6.45) is 0.598. The molecule has 2 aliphatic heterocycles. The third-order valence-corrected chi connectivity index (χ3v) is 3.27. The van der Waals surface area contributed by atoms with Gasteiger partial charge >= 0.3 is 5.97 Å². The largest absolute Gasteiger partial charge is 0.459 e. The van der Waals surface area contributed by atoms with Crippen molar-refractivity contribution >= 4 is 11.9 Å². The van der Waals surface area contributed by atoms with Crippen LogP contribution in [-0.2, 0) is 14.3 Å². The van der Waals surface area contributed by atoms with E-state index in [0.29, 0.717) is 25.4 Å². The first-order valence-electron chi connectivity index (χ1n) is 6.06. The highest BCUT2D eigenvalue weighted by molar-refractivity contribution is 6.03. The summed E-state index contributed by atoms with van der Waals surface area (Å²) in [5, 5.41) is 5.97. The number of nitrogens with one attached hydrogen (secondary N) is 2. The summed E-state index contributed by atoms with van der Waals surface area (Å²) in [6, 6.07) is 0. The van der Waals surface area contributed by atoms with Crippen molar-refractivity contribution in [1.29, 1.82) is 0 Å². The molecule has 5 nitrogen and oxygen atoms in total. The monoisotopic (exact) mass is 240 g/mol.